The van der Waals surface area contributed by atoms with Gasteiger partial charge in [-0.2, -0.15) is 5.10 Å². The van der Waals surface area contributed by atoms with Gasteiger partial charge >= 0.3 is 0 Å². The van der Waals surface area contributed by atoms with E-state index in [0.717, 1.165) is 42.6 Å². The van der Waals surface area contributed by atoms with Crippen molar-refractivity contribution in [3.8, 4) is 11.1 Å². The lowest BCUT2D eigenvalue weighted by atomic mass is 10.0. The molecule has 1 saturated heterocycles. The molecule has 120 valence electrons. The quantitative estimate of drug-likeness (QED) is 0.795. The van der Waals surface area contributed by atoms with E-state index in [2.05, 4.69) is 32.7 Å². The molecule has 23 heavy (non-hydrogen) atoms. The lowest BCUT2D eigenvalue weighted by Crippen LogP contribution is -2.19. The average molecular weight is 310 g/mol. The number of aromatic amines is 1. The van der Waals surface area contributed by atoms with Gasteiger partial charge in [-0.25, -0.2) is 0 Å². The minimum absolute atomic E-state index is 0.117. The van der Waals surface area contributed by atoms with E-state index in [4.69, 9.17) is 4.74 Å². The van der Waals surface area contributed by atoms with Crippen molar-refractivity contribution in [2.45, 2.75) is 45.8 Å². The standard InChI is InChI=1S/C18H22N4O/c1-3-15-18(13-9-20-21-10-13)14-8-12(2)19-11-16(14)22(15)17-6-4-5-7-23-17/h8-11,17H,3-7H2,1-2H3,(H,20,21). The van der Waals surface area contributed by atoms with E-state index in [0.29, 0.717) is 0 Å². The summed E-state index contributed by atoms with van der Waals surface area (Å²) < 4.78 is 8.45. The third-order valence-electron chi connectivity index (χ3n) is 4.69. The molecule has 1 aliphatic heterocycles. The van der Waals surface area contributed by atoms with E-state index in [1.807, 2.05) is 25.5 Å². The highest BCUT2D eigenvalue weighted by Crippen LogP contribution is 2.39. The summed E-state index contributed by atoms with van der Waals surface area (Å²) >= 11 is 0. The van der Waals surface area contributed by atoms with Crippen molar-refractivity contribution in [1.82, 2.24) is 19.7 Å². The molecule has 1 aliphatic rings. The molecule has 0 spiro atoms. The largest absolute Gasteiger partial charge is 0.358 e. The molecule has 1 unspecified atom stereocenters. The molecule has 5 nitrogen and oxygen atoms in total. The van der Waals surface area contributed by atoms with Gasteiger partial charge in [0.2, 0.25) is 0 Å². The smallest absolute Gasteiger partial charge is 0.134 e. The Morgan fingerprint density at radius 2 is 2.26 bits per heavy atom. The first-order valence-electron chi connectivity index (χ1n) is 8.39. The Kier molecular flexibility index (Phi) is 3.65. The predicted octanol–water partition coefficient (Wildman–Crippen LogP) is 4.00. The molecule has 0 aromatic carbocycles. The SMILES string of the molecule is CCc1c(-c2cn[nH]c2)c2cc(C)ncc2n1C1CCCCO1. The van der Waals surface area contributed by atoms with Crippen LogP contribution in [0.3, 0.4) is 0 Å². The lowest BCUT2D eigenvalue weighted by Gasteiger charge is -2.26. The molecule has 4 rings (SSSR count). The Morgan fingerprint density at radius 1 is 1.35 bits per heavy atom. The number of hydrogen-bond acceptors (Lipinski definition) is 3. The predicted molar refractivity (Wildman–Crippen MR) is 90.3 cm³/mol. The normalized spacial score (nSPS) is 18.6. The van der Waals surface area contributed by atoms with Crippen LogP contribution in [0.25, 0.3) is 22.0 Å². The fourth-order valence-electron chi connectivity index (χ4n) is 3.68. The summed E-state index contributed by atoms with van der Waals surface area (Å²) in [7, 11) is 0. The molecule has 0 saturated carbocycles. The maximum Gasteiger partial charge on any atom is 0.134 e. The van der Waals surface area contributed by atoms with Crippen molar-refractivity contribution in [1.29, 1.82) is 0 Å². The first-order chi connectivity index (χ1) is 11.3. The number of nitrogens with one attached hydrogen (secondary N) is 1. The molecule has 0 bridgehead atoms. The van der Waals surface area contributed by atoms with Crippen molar-refractivity contribution in [3.63, 3.8) is 0 Å². The van der Waals surface area contributed by atoms with Crippen LogP contribution in [0, 0.1) is 6.92 Å². The van der Waals surface area contributed by atoms with E-state index >= 15 is 0 Å². The Labute approximate surface area is 135 Å². The molecule has 3 aromatic heterocycles. The van der Waals surface area contributed by atoms with E-state index in [1.54, 1.807) is 0 Å². The summed E-state index contributed by atoms with van der Waals surface area (Å²) in [4.78, 5) is 4.53. The third kappa shape index (κ3) is 2.36. The van der Waals surface area contributed by atoms with Gasteiger partial charge < -0.3 is 9.30 Å². The monoisotopic (exact) mass is 310 g/mol. The number of ether oxygens (including phenoxy) is 1. The number of fused-ring (bicyclic) bond motifs is 1. The van der Waals surface area contributed by atoms with E-state index < -0.39 is 0 Å². The Hall–Kier alpha value is -2.14. The van der Waals surface area contributed by atoms with Crippen LogP contribution in [0.4, 0.5) is 0 Å². The topological polar surface area (TPSA) is 55.7 Å². The van der Waals surface area contributed by atoms with Crippen molar-refractivity contribution in [2.75, 3.05) is 6.61 Å². The molecule has 5 heteroatoms. The van der Waals surface area contributed by atoms with Gasteiger partial charge in [0.1, 0.15) is 6.23 Å². The highest BCUT2D eigenvalue weighted by molar-refractivity contribution is 5.97. The number of H-pyrrole nitrogens is 1. The molecular weight excluding hydrogens is 288 g/mol. The molecule has 1 atom stereocenters. The Balaban J connectivity index is 2.01. The Morgan fingerprint density at radius 3 is 2.96 bits per heavy atom. The maximum absolute atomic E-state index is 6.09. The fourth-order valence-corrected chi connectivity index (χ4v) is 3.68. The van der Waals surface area contributed by atoms with Crippen molar-refractivity contribution in [2.24, 2.45) is 0 Å². The second-order valence-electron chi connectivity index (χ2n) is 6.20. The van der Waals surface area contributed by atoms with E-state index in [-0.39, 0.29) is 6.23 Å². The van der Waals surface area contributed by atoms with Gasteiger partial charge in [-0.15, -0.1) is 0 Å². The maximum atomic E-state index is 6.09. The molecule has 3 aromatic rings. The molecule has 0 aliphatic carbocycles. The van der Waals surface area contributed by atoms with Gasteiger partial charge in [0.15, 0.2) is 0 Å². The minimum atomic E-state index is 0.117. The highest BCUT2D eigenvalue weighted by atomic mass is 16.5. The van der Waals surface area contributed by atoms with Crippen molar-refractivity contribution in [3.05, 3.63) is 36.0 Å². The Bertz CT molecular complexity index is 813. The van der Waals surface area contributed by atoms with Crippen LogP contribution in [-0.2, 0) is 11.2 Å². The van der Waals surface area contributed by atoms with Crippen molar-refractivity contribution < 1.29 is 4.74 Å². The second-order valence-corrected chi connectivity index (χ2v) is 6.20. The molecule has 4 heterocycles. The fraction of sp³-hybridized carbons (Fsp3) is 0.444. The lowest BCUT2D eigenvalue weighted by molar-refractivity contribution is -0.0305. The number of hydrogen-bond donors (Lipinski definition) is 1. The summed E-state index contributed by atoms with van der Waals surface area (Å²) in [6, 6.07) is 2.18. The third-order valence-corrected chi connectivity index (χ3v) is 4.69. The zero-order valence-electron chi connectivity index (χ0n) is 13.7. The first kappa shape index (κ1) is 14.5. The van der Waals surface area contributed by atoms with Gasteiger partial charge in [0.05, 0.1) is 17.9 Å². The van der Waals surface area contributed by atoms with Gasteiger partial charge in [-0.3, -0.25) is 10.1 Å². The van der Waals surface area contributed by atoms with Gasteiger partial charge in [0, 0.05) is 40.7 Å². The molecule has 1 fully saturated rings. The summed E-state index contributed by atoms with van der Waals surface area (Å²) in [5, 5.41) is 8.33. The van der Waals surface area contributed by atoms with E-state index in [1.165, 1.54) is 23.1 Å². The number of nitrogens with zero attached hydrogens (tertiary/aromatic N) is 3. The minimum Gasteiger partial charge on any atom is -0.358 e. The average Bonchev–Trinajstić information content (AvgIpc) is 3.20. The molecule has 0 radical (unpaired) electrons. The second kappa shape index (κ2) is 5.81. The zero-order valence-corrected chi connectivity index (χ0v) is 13.7. The first-order valence-corrected chi connectivity index (χ1v) is 8.39. The number of rotatable bonds is 3. The highest BCUT2D eigenvalue weighted by Gasteiger charge is 2.25. The summed E-state index contributed by atoms with van der Waals surface area (Å²) in [5.74, 6) is 0. The van der Waals surface area contributed by atoms with Crippen LogP contribution in [0.1, 0.15) is 43.8 Å². The van der Waals surface area contributed by atoms with Crippen LogP contribution in [0.5, 0.6) is 0 Å². The zero-order chi connectivity index (χ0) is 15.8. The van der Waals surface area contributed by atoms with Gasteiger partial charge in [0.25, 0.3) is 0 Å². The van der Waals surface area contributed by atoms with Gasteiger partial charge in [-0.05, 0) is 38.7 Å². The number of pyridine rings is 1. The van der Waals surface area contributed by atoms with Gasteiger partial charge in [-0.1, -0.05) is 6.92 Å². The van der Waals surface area contributed by atoms with Crippen LogP contribution >= 0.6 is 0 Å². The van der Waals surface area contributed by atoms with Crippen LogP contribution in [0.2, 0.25) is 0 Å². The molecule has 1 N–H and O–H groups in total. The summed E-state index contributed by atoms with van der Waals surface area (Å²) in [6.07, 6.45) is 10.4. The number of aromatic nitrogens is 4. The molecule has 0 amide bonds. The van der Waals surface area contributed by atoms with Crippen LogP contribution < -0.4 is 0 Å². The summed E-state index contributed by atoms with van der Waals surface area (Å²) in [5.41, 5.74) is 5.89. The summed E-state index contributed by atoms with van der Waals surface area (Å²) in [6.45, 7) is 5.09. The van der Waals surface area contributed by atoms with Crippen LogP contribution in [-0.4, -0.2) is 26.4 Å². The van der Waals surface area contributed by atoms with Crippen molar-refractivity contribution >= 4 is 10.9 Å². The molecular formula is C18H22N4O. The van der Waals surface area contributed by atoms with E-state index in [9.17, 15) is 0 Å². The van der Waals surface area contributed by atoms with Crippen LogP contribution in [0.15, 0.2) is 24.7 Å². The number of aryl methyl sites for hydroxylation is 1.